The normalized spacial score (nSPS) is 23.7. The van der Waals surface area contributed by atoms with Crippen LogP contribution in [0.3, 0.4) is 0 Å². The molecular weight excluding hydrogens is 365 g/mol. The van der Waals surface area contributed by atoms with Gasteiger partial charge in [0.15, 0.2) is 0 Å². The molecule has 0 bridgehead atoms. The zero-order valence-electron chi connectivity index (χ0n) is 15.4. The van der Waals surface area contributed by atoms with Crippen LogP contribution in [-0.4, -0.2) is 65.6 Å². The first-order valence-corrected chi connectivity index (χ1v) is 10.3. The number of thiazole rings is 1. The monoisotopic (exact) mass is 389 g/mol. The van der Waals surface area contributed by atoms with Crippen LogP contribution in [0.5, 0.6) is 0 Å². The van der Waals surface area contributed by atoms with E-state index in [9.17, 15) is 9.18 Å². The Bertz CT molecular complexity index is 789. The number of benzene rings is 1. The lowest BCUT2D eigenvalue weighted by Gasteiger charge is -2.35. The minimum absolute atomic E-state index is 0.0138. The van der Waals surface area contributed by atoms with E-state index < -0.39 is 0 Å². The quantitative estimate of drug-likeness (QED) is 0.807. The number of carbonyl (C=O) groups excluding carboxylic acids is 1. The lowest BCUT2D eigenvalue weighted by atomic mass is 10.1. The van der Waals surface area contributed by atoms with E-state index in [0.717, 1.165) is 49.8 Å². The van der Waals surface area contributed by atoms with Crippen molar-refractivity contribution in [3.8, 4) is 0 Å². The van der Waals surface area contributed by atoms with Crippen molar-refractivity contribution >= 4 is 17.2 Å². The molecule has 0 unspecified atom stereocenters. The summed E-state index contributed by atoms with van der Waals surface area (Å²) >= 11 is 1.49. The Morgan fingerprint density at radius 3 is 2.74 bits per heavy atom. The Kier molecular flexibility index (Phi) is 5.52. The van der Waals surface area contributed by atoms with E-state index in [2.05, 4.69) is 16.8 Å². The number of morpholine rings is 1. The van der Waals surface area contributed by atoms with E-state index in [4.69, 9.17) is 4.74 Å². The van der Waals surface area contributed by atoms with Crippen LogP contribution in [0.1, 0.15) is 34.4 Å². The van der Waals surface area contributed by atoms with Gasteiger partial charge in [-0.25, -0.2) is 9.37 Å². The van der Waals surface area contributed by atoms with Crippen molar-refractivity contribution in [3.63, 3.8) is 0 Å². The van der Waals surface area contributed by atoms with Gasteiger partial charge in [0.05, 0.1) is 18.2 Å². The molecule has 1 amide bonds. The summed E-state index contributed by atoms with van der Waals surface area (Å²) in [6, 6.07) is 6.99. The molecule has 2 fully saturated rings. The molecule has 7 heteroatoms. The Morgan fingerprint density at radius 1 is 1.26 bits per heavy atom. The average molecular weight is 389 g/mol. The third kappa shape index (κ3) is 4.05. The number of nitrogens with zero attached hydrogens (tertiary/aromatic N) is 3. The molecule has 144 valence electrons. The van der Waals surface area contributed by atoms with Crippen LogP contribution in [0.2, 0.25) is 0 Å². The van der Waals surface area contributed by atoms with Crippen LogP contribution in [0, 0.1) is 5.82 Å². The molecule has 0 N–H and O–H groups in total. The largest absolute Gasteiger partial charge is 0.379 e. The zero-order chi connectivity index (χ0) is 18.8. The number of halogens is 1. The van der Waals surface area contributed by atoms with Gasteiger partial charge in [0.1, 0.15) is 11.5 Å². The molecular formula is C20H24FN3O2S. The molecule has 0 aliphatic carbocycles. The molecule has 27 heavy (non-hydrogen) atoms. The van der Waals surface area contributed by atoms with Gasteiger partial charge in [0.25, 0.3) is 5.91 Å². The fourth-order valence-corrected chi connectivity index (χ4v) is 4.82. The summed E-state index contributed by atoms with van der Waals surface area (Å²) in [5.41, 5.74) is 1.51. The summed E-state index contributed by atoms with van der Waals surface area (Å²) in [5, 5.41) is 2.72. The van der Waals surface area contributed by atoms with Crippen LogP contribution >= 0.6 is 11.3 Å². The maximum atomic E-state index is 13.0. The molecule has 2 aliphatic heterocycles. The maximum absolute atomic E-state index is 13.0. The molecule has 4 rings (SSSR count). The molecule has 3 heterocycles. The summed E-state index contributed by atoms with van der Waals surface area (Å²) in [7, 11) is 0. The Balaban J connectivity index is 1.41. The van der Waals surface area contributed by atoms with Gasteiger partial charge >= 0.3 is 0 Å². The van der Waals surface area contributed by atoms with Crippen molar-refractivity contribution < 1.29 is 13.9 Å². The van der Waals surface area contributed by atoms with E-state index in [0.29, 0.717) is 18.2 Å². The van der Waals surface area contributed by atoms with Gasteiger partial charge in [-0.05, 0) is 31.0 Å². The third-order valence-electron chi connectivity index (χ3n) is 5.53. The van der Waals surface area contributed by atoms with E-state index in [1.54, 1.807) is 12.1 Å². The van der Waals surface area contributed by atoms with Gasteiger partial charge < -0.3 is 9.64 Å². The highest BCUT2D eigenvalue weighted by molar-refractivity contribution is 7.09. The van der Waals surface area contributed by atoms with Crippen LogP contribution < -0.4 is 0 Å². The van der Waals surface area contributed by atoms with E-state index in [1.165, 1.54) is 23.5 Å². The van der Waals surface area contributed by atoms with Gasteiger partial charge in [0.2, 0.25) is 0 Å². The second-order valence-corrected chi connectivity index (χ2v) is 8.12. The molecule has 0 radical (unpaired) electrons. The number of likely N-dealkylation sites (tertiary alicyclic amines) is 1. The molecule has 2 saturated heterocycles. The standard InChI is InChI=1S/C20H24FN3O2S/c1-14-18(23-8-10-26-11-9-23)6-7-24(14)20(25)17-13-27-19(22-17)12-15-2-4-16(21)5-3-15/h2-5,13-14,18H,6-12H2,1H3/t14-,18-/m1/s1. The van der Waals surface area contributed by atoms with Crippen LogP contribution in [0.15, 0.2) is 29.6 Å². The van der Waals surface area contributed by atoms with E-state index in [1.807, 2.05) is 10.3 Å². The molecule has 2 aliphatic rings. The van der Waals surface area contributed by atoms with E-state index >= 15 is 0 Å². The summed E-state index contributed by atoms with van der Waals surface area (Å²) < 4.78 is 18.5. The summed E-state index contributed by atoms with van der Waals surface area (Å²) in [6.45, 7) is 6.33. The predicted molar refractivity (Wildman–Crippen MR) is 103 cm³/mol. The Labute approximate surface area is 162 Å². The number of hydrogen-bond donors (Lipinski definition) is 0. The number of rotatable bonds is 4. The highest BCUT2D eigenvalue weighted by Gasteiger charge is 2.38. The van der Waals surface area contributed by atoms with Crippen LogP contribution in [0.4, 0.5) is 4.39 Å². The zero-order valence-corrected chi connectivity index (χ0v) is 16.3. The fraction of sp³-hybridized carbons (Fsp3) is 0.500. The minimum atomic E-state index is -0.244. The van der Waals surface area contributed by atoms with Gasteiger partial charge in [0, 0.05) is 43.5 Å². The highest BCUT2D eigenvalue weighted by atomic mass is 32.1. The molecule has 5 nitrogen and oxygen atoms in total. The SMILES string of the molecule is C[C@@H]1[C@H](N2CCOCC2)CCN1C(=O)c1csc(Cc2ccc(F)cc2)n1. The first kappa shape index (κ1) is 18.5. The second-order valence-electron chi connectivity index (χ2n) is 7.17. The van der Waals surface area contributed by atoms with Crippen molar-refractivity contribution in [3.05, 3.63) is 51.7 Å². The van der Waals surface area contributed by atoms with Gasteiger partial charge in [-0.1, -0.05) is 12.1 Å². The summed E-state index contributed by atoms with van der Waals surface area (Å²) in [6.07, 6.45) is 1.61. The van der Waals surface area contributed by atoms with Crippen molar-refractivity contribution in [2.24, 2.45) is 0 Å². The highest BCUT2D eigenvalue weighted by Crippen LogP contribution is 2.26. The molecule has 2 atom stereocenters. The molecule has 2 aromatic rings. The lowest BCUT2D eigenvalue weighted by molar-refractivity contribution is 0.0104. The fourth-order valence-electron chi connectivity index (χ4n) is 4.02. The first-order valence-electron chi connectivity index (χ1n) is 9.43. The third-order valence-corrected chi connectivity index (χ3v) is 6.38. The second kappa shape index (κ2) is 8.04. The van der Waals surface area contributed by atoms with Crippen molar-refractivity contribution in [1.82, 2.24) is 14.8 Å². The smallest absolute Gasteiger partial charge is 0.273 e. The Hall–Kier alpha value is -1.83. The number of amides is 1. The predicted octanol–water partition coefficient (Wildman–Crippen LogP) is 2.81. The van der Waals surface area contributed by atoms with E-state index in [-0.39, 0.29) is 17.8 Å². The van der Waals surface area contributed by atoms with Crippen molar-refractivity contribution in [2.45, 2.75) is 31.8 Å². The first-order chi connectivity index (χ1) is 13.1. The number of aromatic nitrogens is 1. The Morgan fingerprint density at radius 2 is 2.00 bits per heavy atom. The molecule has 0 saturated carbocycles. The minimum Gasteiger partial charge on any atom is -0.379 e. The van der Waals surface area contributed by atoms with Gasteiger partial charge in [-0.2, -0.15) is 0 Å². The van der Waals surface area contributed by atoms with Crippen molar-refractivity contribution in [1.29, 1.82) is 0 Å². The van der Waals surface area contributed by atoms with Gasteiger partial charge in [-0.3, -0.25) is 9.69 Å². The maximum Gasteiger partial charge on any atom is 0.273 e. The molecule has 1 aromatic heterocycles. The number of ether oxygens (including phenoxy) is 1. The lowest BCUT2D eigenvalue weighted by Crippen LogP contribution is -2.49. The molecule has 0 spiro atoms. The number of hydrogen-bond acceptors (Lipinski definition) is 5. The average Bonchev–Trinajstić information content (AvgIpc) is 3.31. The van der Waals surface area contributed by atoms with Crippen molar-refractivity contribution in [2.75, 3.05) is 32.8 Å². The molecule has 1 aromatic carbocycles. The van der Waals surface area contributed by atoms with Gasteiger partial charge in [-0.15, -0.1) is 11.3 Å². The van der Waals surface area contributed by atoms with Crippen LogP contribution in [0.25, 0.3) is 0 Å². The number of carbonyl (C=O) groups is 1. The van der Waals surface area contributed by atoms with Crippen LogP contribution in [-0.2, 0) is 11.2 Å². The summed E-state index contributed by atoms with van der Waals surface area (Å²) in [5.74, 6) is -0.230. The summed E-state index contributed by atoms with van der Waals surface area (Å²) in [4.78, 5) is 21.9. The topological polar surface area (TPSA) is 45.7 Å².